The normalized spacial score (nSPS) is 25.7. The molecule has 1 fully saturated rings. The Hall–Kier alpha value is -1.35. The Morgan fingerprint density at radius 3 is 2.57 bits per heavy atom. The Morgan fingerprint density at radius 1 is 1.14 bits per heavy atom. The second-order valence-electron chi connectivity index (χ2n) is 6.04. The topological polar surface area (TPSA) is 26.3 Å². The molecule has 0 heterocycles. The number of ether oxygens (including phenoxy) is 1. The van der Waals surface area contributed by atoms with Crippen LogP contribution >= 0.6 is 15.9 Å². The quantitative estimate of drug-likeness (QED) is 0.559. The molecular weight excluding hydrogens is 328 g/mol. The molecule has 0 N–H and O–H groups in total. The van der Waals surface area contributed by atoms with E-state index in [1.807, 2.05) is 42.5 Å². The highest BCUT2D eigenvalue weighted by Crippen LogP contribution is 2.36. The van der Waals surface area contributed by atoms with Crippen LogP contribution in [-0.2, 0) is 4.74 Å². The fourth-order valence-electron chi connectivity index (χ4n) is 2.93. The molecule has 110 valence electrons. The van der Waals surface area contributed by atoms with Gasteiger partial charge >= 0.3 is 5.97 Å². The Morgan fingerprint density at radius 2 is 1.81 bits per heavy atom. The summed E-state index contributed by atoms with van der Waals surface area (Å²) in [7, 11) is 0. The number of hydrogen-bond donors (Lipinski definition) is 0. The summed E-state index contributed by atoms with van der Waals surface area (Å²) in [5.41, 5.74) is 0.667. The van der Waals surface area contributed by atoms with Crippen molar-refractivity contribution in [1.29, 1.82) is 0 Å². The molecule has 0 atom stereocenters. The number of carbonyl (C=O) groups excluding carboxylic acids is 1. The van der Waals surface area contributed by atoms with E-state index in [9.17, 15) is 4.79 Å². The molecule has 21 heavy (non-hydrogen) atoms. The van der Waals surface area contributed by atoms with Crippen molar-refractivity contribution < 1.29 is 9.53 Å². The van der Waals surface area contributed by atoms with Crippen LogP contribution in [0.4, 0.5) is 0 Å². The molecule has 0 aromatic heterocycles. The molecule has 3 heteroatoms. The summed E-state index contributed by atoms with van der Waals surface area (Å²) in [6.07, 6.45) is 3.99. The minimum atomic E-state index is -0.199. The molecule has 0 spiro atoms. The van der Waals surface area contributed by atoms with Gasteiger partial charge in [0.2, 0.25) is 0 Å². The molecule has 2 aromatic rings. The van der Waals surface area contributed by atoms with Crippen molar-refractivity contribution in [2.45, 2.75) is 43.0 Å². The predicted octanol–water partition coefficient (Wildman–Crippen LogP) is 5.09. The van der Waals surface area contributed by atoms with Gasteiger partial charge in [0, 0.05) is 4.32 Å². The Labute approximate surface area is 133 Å². The molecule has 0 unspecified atom stereocenters. The highest BCUT2D eigenvalue weighted by Gasteiger charge is 2.30. The van der Waals surface area contributed by atoms with E-state index >= 15 is 0 Å². The van der Waals surface area contributed by atoms with E-state index in [1.54, 1.807) is 0 Å². The number of hydrogen-bond acceptors (Lipinski definition) is 2. The van der Waals surface area contributed by atoms with Crippen molar-refractivity contribution in [1.82, 2.24) is 0 Å². The van der Waals surface area contributed by atoms with Crippen molar-refractivity contribution in [3.63, 3.8) is 0 Å². The van der Waals surface area contributed by atoms with Crippen LogP contribution in [-0.4, -0.2) is 16.4 Å². The molecular formula is C18H19BrO2. The highest BCUT2D eigenvalue weighted by molar-refractivity contribution is 9.10. The van der Waals surface area contributed by atoms with Crippen LogP contribution in [0.2, 0.25) is 0 Å². The predicted molar refractivity (Wildman–Crippen MR) is 89.0 cm³/mol. The van der Waals surface area contributed by atoms with Gasteiger partial charge in [-0.15, -0.1) is 0 Å². The number of carbonyl (C=O) groups is 1. The maximum Gasteiger partial charge on any atom is 0.339 e. The fraction of sp³-hybridized carbons (Fsp3) is 0.389. The monoisotopic (exact) mass is 346 g/mol. The number of halogens is 1. The van der Waals surface area contributed by atoms with Gasteiger partial charge in [-0.25, -0.2) is 4.79 Å². The summed E-state index contributed by atoms with van der Waals surface area (Å²) in [6.45, 7) is 2.20. The van der Waals surface area contributed by atoms with Crippen molar-refractivity contribution in [2.24, 2.45) is 0 Å². The maximum absolute atomic E-state index is 12.5. The third-order valence-corrected chi connectivity index (χ3v) is 5.05. The smallest absolute Gasteiger partial charge is 0.339 e. The Kier molecular flexibility index (Phi) is 4.03. The maximum atomic E-state index is 12.5. The first-order chi connectivity index (χ1) is 10.1. The molecule has 1 saturated carbocycles. The summed E-state index contributed by atoms with van der Waals surface area (Å²) < 4.78 is 5.92. The lowest BCUT2D eigenvalue weighted by molar-refractivity contribution is 0.0194. The van der Waals surface area contributed by atoms with Gasteiger partial charge in [0.25, 0.3) is 0 Å². The molecule has 0 amide bonds. The summed E-state index contributed by atoms with van der Waals surface area (Å²) in [5, 5.41) is 2.04. The van der Waals surface area contributed by atoms with Crippen LogP contribution < -0.4 is 0 Å². The molecule has 0 radical (unpaired) electrons. The second kappa shape index (κ2) is 5.80. The highest BCUT2D eigenvalue weighted by atomic mass is 79.9. The number of benzene rings is 2. The zero-order valence-corrected chi connectivity index (χ0v) is 13.7. The minimum absolute atomic E-state index is 0.0436. The van der Waals surface area contributed by atoms with Gasteiger partial charge in [0.05, 0.1) is 5.56 Å². The Balaban J connectivity index is 1.76. The number of rotatable bonds is 2. The van der Waals surface area contributed by atoms with Crippen LogP contribution in [0.1, 0.15) is 43.0 Å². The van der Waals surface area contributed by atoms with Gasteiger partial charge in [-0.3, -0.25) is 0 Å². The van der Waals surface area contributed by atoms with E-state index in [1.165, 1.54) is 0 Å². The summed E-state index contributed by atoms with van der Waals surface area (Å²) >= 11 is 3.72. The van der Waals surface area contributed by atoms with E-state index in [4.69, 9.17) is 4.74 Å². The van der Waals surface area contributed by atoms with Gasteiger partial charge in [0.1, 0.15) is 6.10 Å². The Bertz CT molecular complexity index is 648. The first-order valence-corrected chi connectivity index (χ1v) is 8.22. The van der Waals surface area contributed by atoms with E-state index < -0.39 is 0 Å². The van der Waals surface area contributed by atoms with Crippen molar-refractivity contribution in [3.05, 3.63) is 48.0 Å². The first kappa shape index (κ1) is 14.6. The van der Waals surface area contributed by atoms with Crippen molar-refractivity contribution in [3.8, 4) is 0 Å². The first-order valence-electron chi connectivity index (χ1n) is 7.43. The van der Waals surface area contributed by atoms with Crippen LogP contribution in [0.5, 0.6) is 0 Å². The summed E-state index contributed by atoms with van der Waals surface area (Å²) in [5.74, 6) is -0.199. The largest absolute Gasteiger partial charge is 0.459 e. The second-order valence-corrected chi connectivity index (χ2v) is 7.96. The van der Waals surface area contributed by atoms with Crippen LogP contribution in [0.15, 0.2) is 42.5 Å². The average molecular weight is 347 g/mol. The molecule has 0 saturated heterocycles. The van der Waals surface area contributed by atoms with Crippen LogP contribution in [0.25, 0.3) is 10.8 Å². The third-order valence-electron chi connectivity index (χ3n) is 4.26. The van der Waals surface area contributed by atoms with Gasteiger partial charge in [-0.05, 0) is 49.4 Å². The molecule has 1 aliphatic carbocycles. The van der Waals surface area contributed by atoms with Crippen LogP contribution in [0.3, 0.4) is 0 Å². The zero-order chi connectivity index (χ0) is 14.9. The number of alkyl halides is 1. The third kappa shape index (κ3) is 3.29. The van der Waals surface area contributed by atoms with E-state index in [0.717, 1.165) is 36.5 Å². The zero-order valence-electron chi connectivity index (χ0n) is 12.1. The molecule has 2 nitrogen and oxygen atoms in total. The van der Waals surface area contributed by atoms with E-state index in [0.29, 0.717) is 5.56 Å². The van der Waals surface area contributed by atoms with E-state index in [2.05, 4.69) is 22.9 Å². The lowest BCUT2D eigenvalue weighted by Crippen LogP contribution is -2.30. The summed E-state index contributed by atoms with van der Waals surface area (Å²) in [4.78, 5) is 12.5. The molecule has 2 aromatic carbocycles. The standard InChI is InChI=1S/C18H19BrO2/c1-18(19)11-9-14(10-12-18)21-17(20)16-8-4-6-13-5-2-3-7-15(13)16/h2-8,14H,9-12H2,1H3. The number of esters is 1. The lowest BCUT2D eigenvalue weighted by Gasteiger charge is -2.32. The minimum Gasteiger partial charge on any atom is -0.459 e. The summed E-state index contributed by atoms with van der Waals surface area (Å²) in [6, 6.07) is 13.7. The SMILES string of the molecule is CC1(Br)CCC(OC(=O)c2cccc3ccccc23)CC1. The van der Waals surface area contributed by atoms with Gasteiger partial charge in [0.15, 0.2) is 0 Å². The molecule has 3 rings (SSSR count). The lowest BCUT2D eigenvalue weighted by atomic mass is 9.88. The molecule has 0 aliphatic heterocycles. The van der Waals surface area contributed by atoms with Gasteiger partial charge in [-0.1, -0.05) is 52.3 Å². The van der Waals surface area contributed by atoms with E-state index in [-0.39, 0.29) is 16.4 Å². The molecule has 1 aliphatic rings. The van der Waals surface area contributed by atoms with Crippen molar-refractivity contribution >= 4 is 32.7 Å². The fourth-order valence-corrected chi connectivity index (χ4v) is 3.39. The van der Waals surface area contributed by atoms with Crippen LogP contribution in [0, 0.1) is 0 Å². The average Bonchev–Trinajstić information content (AvgIpc) is 2.49. The van der Waals surface area contributed by atoms with Gasteiger partial charge in [-0.2, -0.15) is 0 Å². The number of fused-ring (bicyclic) bond motifs is 1. The van der Waals surface area contributed by atoms with Gasteiger partial charge < -0.3 is 4.74 Å². The molecule has 0 bridgehead atoms. The van der Waals surface area contributed by atoms with Crippen molar-refractivity contribution in [2.75, 3.05) is 0 Å².